The minimum absolute atomic E-state index is 0.0559. The predicted octanol–water partition coefficient (Wildman–Crippen LogP) is 4.62. The molecule has 0 bridgehead atoms. The molecule has 3 aromatic rings. The summed E-state index contributed by atoms with van der Waals surface area (Å²) in [5.74, 6) is -2.60. The van der Waals surface area contributed by atoms with E-state index in [0.29, 0.717) is 0 Å². The molecule has 0 aliphatic carbocycles. The van der Waals surface area contributed by atoms with Crippen molar-refractivity contribution in [3.63, 3.8) is 0 Å². The van der Waals surface area contributed by atoms with Crippen LogP contribution in [0.1, 0.15) is 5.56 Å². The van der Waals surface area contributed by atoms with Crippen molar-refractivity contribution >= 4 is 34.0 Å². The zero-order chi connectivity index (χ0) is 24.2. The van der Waals surface area contributed by atoms with Crippen molar-refractivity contribution in [2.75, 3.05) is 30.8 Å². The Labute approximate surface area is 189 Å². The third-order valence-corrected chi connectivity index (χ3v) is 5.05. The van der Waals surface area contributed by atoms with Crippen molar-refractivity contribution in [1.82, 2.24) is 9.88 Å². The van der Waals surface area contributed by atoms with Crippen LogP contribution in [0.15, 0.2) is 47.8 Å². The number of halogens is 5. The summed E-state index contributed by atoms with van der Waals surface area (Å²) in [6.45, 7) is -0.616. The molecule has 0 aliphatic rings. The van der Waals surface area contributed by atoms with Crippen LogP contribution < -0.4 is 10.6 Å². The zero-order valence-corrected chi connectivity index (χ0v) is 17.9. The predicted molar refractivity (Wildman–Crippen MR) is 114 cm³/mol. The van der Waals surface area contributed by atoms with Gasteiger partial charge in [-0.2, -0.15) is 13.2 Å². The number of aromatic nitrogens is 1. The number of anilines is 2. The second-order valence-electron chi connectivity index (χ2n) is 6.97. The van der Waals surface area contributed by atoms with Gasteiger partial charge in [0.25, 0.3) is 0 Å². The van der Waals surface area contributed by atoms with Crippen LogP contribution in [-0.2, 0) is 15.8 Å². The molecular formula is C21H17F5N4O2S. The summed E-state index contributed by atoms with van der Waals surface area (Å²) in [6, 6.07) is 7.48. The molecule has 1 aromatic heterocycles. The zero-order valence-electron chi connectivity index (χ0n) is 17.0. The molecule has 0 saturated heterocycles. The van der Waals surface area contributed by atoms with E-state index in [2.05, 4.69) is 15.6 Å². The van der Waals surface area contributed by atoms with Crippen molar-refractivity contribution in [1.29, 1.82) is 0 Å². The van der Waals surface area contributed by atoms with E-state index in [0.717, 1.165) is 41.7 Å². The number of carbonyl (C=O) groups is 2. The Morgan fingerprint density at radius 3 is 2.39 bits per heavy atom. The van der Waals surface area contributed by atoms with Gasteiger partial charge in [0.2, 0.25) is 11.8 Å². The summed E-state index contributed by atoms with van der Waals surface area (Å²) < 4.78 is 66.3. The highest BCUT2D eigenvalue weighted by Gasteiger charge is 2.33. The summed E-state index contributed by atoms with van der Waals surface area (Å²) in [6.07, 6.45) is -4.63. The standard InChI is InChI=1S/C21H17F5N4O2S/c1-30(9-18(31)27-16-5-3-2-4-14(16)21(24,25)26)10-19(32)29-20-28-17(11-33-20)13-8-12(22)6-7-15(13)23/h2-8,11H,9-10H2,1H3,(H,27,31)(H,28,29,32). The van der Waals surface area contributed by atoms with Crippen molar-refractivity contribution in [3.05, 3.63) is 65.0 Å². The van der Waals surface area contributed by atoms with Crippen LogP contribution in [0.25, 0.3) is 11.3 Å². The summed E-state index contributed by atoms with van der Waals surface area (Å²) in [4.78, 5) is 29.7. The van der Waals surface area contributed by atoms with E-state index in [9.17, 15) is 31.5 Å². The van der Waals surface area contributed by atoms with Gasteiger partial charge >= 0.3 is 6.18 Å². The molecule has 2 aromatic carbocycles. The third-order valence-electron chi connectivity index (χ3n) is 4.29. The first-order valence-corrected chi connectivity index (χ1v) is 10.3. The molecule has 0 radical (unpaired) electrons. The van der Waals surface area contributed by atoms with Crippen LogP contribution in [0, 0.1) is 11.6 Å². The number of nitrogens with one attached hydrogen (secondary N) is 2. The molecule has 0 unspecified atom stereocenters. The summed E-state index contributed by atoms with van der Waals surface area (Å²) in [5.41, 5.74) is -1.27. The summed E-state index contributed by atoms with van der Waals surface area (Å²) >= 11 is 0.997. The van der Waals surface area contributed by atoms with Crippen LogP contribution in [-0.4, -0.2) is 41.8 Å². The Kier molecular flexibility index (Phi) is 7.39. The van der Waals surface area contributed by atoms with Crippen LogP contribution in [0.4, 0.5) is 32.8 Å². The molecule has 33 heavy (non-hydrogen) atoms. The van der Waals surface area contributed by atoms with Gasteiger partial charge in [0.1, 0.15) is 11.6 Å². The molecule has 0 spiro atoms. The first kappa shape index (κ1) is 24.3. The van der Waals surface area contributed by atoms with Crippen LogP contribution >= 0.6 is 11.3 Å². The van der Waals surface area contributed by atoms with Gasteiger partial charge in [0.05, 0.1) is 30.0 Å². The molecule has 12 heteroatoms. The number of nitrogens with zero attached hydrogens (tertiary/aromatic N) is 2. The van der Waals surface area contributed by atoms with Gasteiger partial charge in [-0.1, -0.05) is 12.1 Å². The Morgan fingerprint density at radius 1 is 1.03 bits per heavy atom. The highest BCUT2D eigenvalue weighted by Crippen LogP contribution is 2.34. The van der Waals surface area contributed by atoms with E-state index in [1.54, 1.807) is 0 Å². The van der Waals surface area contributed by atoms with Gasteiger partial charge in [-0.05, 0) is 37.4 Å². The number of amides is 2. The molecule has 0 aliphatic heterocycles. The number of alkyl halides is 3. The van der Waals surface area contributed by atoms with Crippen molar-refractivity contribution in [2.24, 2.45) is 0 Å². The van der Waals surface area contributed by atoms with E-state index in [4.69, 9.17) is 0 Å². The SMILES string of the molecule is CN(CC(=O)Nc1nc(-c2cc(F)ccc2F)cs1)CC(=O)Nc1ccccc1C(F)(F)F. The third kappa shape index (κ3) is 6.56. The smallest absolute Gasteiger partial charge is 0.324 e. The summed E-state index contributed by atoms with van der Waals surface area (Å²) in [7, 11) is 1.43. The molecule has 3 rings (SSSR count). The number of hydrogen-bond donors (Lipinski definition) is 2. The number of thiazole rings is 1. The van der Waals surface area contributed by atoms with Gasteiger partial charge in [0.15, 0.2) is 5.13 Å². The van der Waals surface area contributed by atoms with Gasteiger partial charge in [-0.25, -0.2) is 13.8 Å². The Bertz CT molecular complexity index is 1170. The maximum atomic E-state index is 13.9. The molecule has 6 nitrogen and oxygen atoms in total. The van der Waals surface area contributed by atoms with E-state index in [-0.39, 0.29) is 35.2 Å². The number of benzene rings is 2. The highest BCUT2D eigenvalue weighted by atomic mass is 32.1. The molecule has 2 N–H and O–H groups in total. The van der Waals surface area contributed by atoms with Crippen LogP contribution in [0.3, 0.4) is 0 Å². The lowest BCUT2D eigenvalue weighted by Gasteiger charge is -2.17. The van der Waals surface area contributed by atoms with E-state index in [1.807, 2.05) is 0 Å². The number of rotatable bonds is 7. The molecule has 0 saturated carbocycles. The quantitative estimate of drug-likeness (QED) is 0.480. The monoisotopic (exact) mass is 484 g/mol. The van der Waals surface area contributed by atoms with Crippen LogP contribution in [0.5, 0.6) is 0 Å². The van der Waals surface area contributed by atoms with E-state index in [1.165, 1.54) is 29.5 Å². The van der Waals surface area contributed by atoms with Gasteiger partial charge < -0.3 is 10.6 Å². The van der Waals surface area contributed by atoms with Crippen molar-refractivity contribution in [3.8, 4) is 11.3 Å². The number of hydrogen-bond acceptors (Lipinski definition) is 5. The lowest BCUT2D eigenvalue weighted by Crippen LogP contribution is -2.36. The lowest BCUT2D eigenvalue weighted by atomic mass is 10.1. The molecule has 174 valence electrons. The highest BCUT2D eigenvalue weighted by molar-refractivity contribution is 7.14. The number of carbonyl (C=O) groups excluding carboxylic acids is 2. The lowest BCUT2D eigenvalue weighted by molar-refractivity contribution is -0.137. The van der Waals surface area contributed by atoms with Gasteiger partial charge in [-0.3, -0.25) is 14.5 Å². The fraction of sp³-hybridized carbons (Fsp3) is 0.190. The second-order valence-corrected chi connectivity index (χ2v) is 7.83. The fourth-order valence-corrected chi connectivity index (χ4v) is 3.61. The number of likely N-dealkylation sites (N-methyl/N-ethyl adjacent to an activating group) is 1. The Balaban J connectivity index is 1.55. The molecular weight excluding hydrogens is 467 g/mol. The average Bonchev–Trinajstić information content (AvgIpc) is 3.17. The average molecular weight is 484 g/mol. The largest absolute Gasteiger partial charge is 0.418 e. The fourth-order valence-electron chi connectivity index (χ4n) is 2.88. The molecule has 0 fully saturated rings. The van der Waals surface area contributed by atoms with Crippen molar-refractivity contribution in [2.45, 2.75) is 6.18 Å². The number of para-hydroxylation sites is 1. The van der Waals surface area contributed by atoms with Crippen molar-refractivity contribution < 1.29 is 31.5 Å². The minimum atomic E-state index is -4.63. The second kappa shape index (κ2) is 10.0. The van der Waals surface area contributed by atoms with E-state index < -0.39 is 35.2 Å². The van der Waals surface area contributed by atoms with Crippen LogP contribution in [0.2, 0.25) is 0 Å². The van der Waals surface area contributed by atoms with Gasteiger partial charge in [-0.15, -0.1) is 11.3 Å². The Morgan fingerprint density at radius 2 is 1.70 bits per heavy atom. The maximum Gasteiger partial charge on any atom is 0.418 e. The normalized spacial score (nSPS) is 11.5. The topological polar surface area (TPSA) is 74.3 Å². The maximum absolute atomic E-state index is 13.9. The molecule has 1 heterocycles. The first-order valence-electron chi connectivity index (χ1n) is 9.38. The Hall–Kier alpha value is -3.38. The van der Waals surface area contributed by atoms with Gasteiger partial charge in [0, 0.05) is 10.9 Å². The summed E-state index contributed by atoms with van der Waals surface area (Å²) in [5, 5.41) is 6.25. The molecule has 2 amide bonds. The minimum Gasteiger partial charge on any atom is -0.324 e. The van der Waals surface area contributed by atoms with E-state index >= 15 is 0 Å². The molecule has 0 atom stereocenters. The first-order chi connectivity index (χ1) is 15.5.